The van der Waals surface area contributed by atoms with Gasteiger partial charge in [-0.1, -0.05) is 263 Å². The van der Waals surface area contributed by atoms with E-state index in [4.69, 9.17) is 11.6 Å². The lowest BCUT2D eigenvalue weighted by atomic mass is 9.87. The second-order valence-electron chi connectivity index (χ2n) is 26.5. The van der Waals surface area contributed by atoms with Gasteiger partial charge >= 0.3 is 0 Å². The van der Waals surface area contributed by atoms with Crippen molar-refractivity contribution in [3.05, 3.63) is 493 Å². The molecule has 108 heavy (non-hydrogen) atoms. The Balaban J connectivity index is 0.930. The Morgan fingerprint density at radius 1 is 0.500 bits per heavy atom. The minimum Gasteiger partial charge on any atom is -0.335 e. The van der Waals surface area contributed by atoms with Crippen LogP contribution in [0.4, 0.5) is 39.8 Å². The zero-order valence-corrected chi connectivity index (χ0v) is 62.7. The van der Waals surface area contributed by atoms with Gasteiger partial charge in [-0.3, -0.25) is 0 Å². The van der Waals surface area contributed by atoms with Crippen LogP contribution in [-0.4, -0.2) is 26.5 Å². The van der Waals surface area contributed by atoms with E-state index >= 15 is 0 Å². The van der Waals surface area contributed by atoms with Gasteiger partial charge in [-0.15, -0.1) is 0 Å². The predicted molar refractivity (Wildman–Crippen MR) is 461 cm³/mol. The van der Waals surface area contributed by atoms with Gasteiger partial charge in [0.25, 0.3) is 0 Å². The number of rotatable bonds is 27. The summed E-state index contributed by atoms with van der Waals surface area (Å²) in [7, 11) is 0. The highest BCUT2D eigenvalue weighted by Crippen LogP contribution is 2.41. The van der Waals surface area contributed by atoms with Gasteiger partial charge in [0.2, 0.25) is 0 Å². The van der Waals surface area contributed by atoms with E-state index in [9.17, 15) is 0 Å². The minimum absolute atomic E-state index is 0.0166. The van der Waals surface area contributed by atoms with Gasteiger partial charge in [0.05, 0.1) is 23.1 Å². The second kappa shape index (κ2) is 37.5. The molecule has 7 heteroatoms. The number of hydrogen-bond acceptors (Lipinski definition) is 7. The average Bonchev–Trinajstić information content (AvgIpc) is 1.42. The maximum Gasteiger partial charge on any atom is 0.0890 e. The van der Waals surface area contributed by atoms with Crippen molar-refractivity contribution in [1.82, 2.24) is 14.7 Å². The Hall–Kier alpha value is -13.2. The van der Waals surface area contributed by atoms with Crippen molar-refractivity contribution in [2.45, 2.75) is 66.3 Å². The van der Waals surface area contributed by atoms with Crippen LogP contribution in [0.25, 0.3) is 0 Å². The molecule has 7 nitrogen and oxygen atoms in total. The summed E-state index contributed by atoms with van der Waals surface area (Å²) < 4.78 is 0. The van der Waals surface area contributed by atoms with Crippen LogP contribution >= 0.6 is 0 Å². The van der Waals surface area contributed by atoms with E-state index in [-0.39, 0.29) is 12.0 Å². The standard InChI is InChI=1S/C101H95N7/c1-9-12-23-40-80(6)104(88-45-28-15-16-29-46-88)93-55-38-56-95(69-68-93)107(99-74-72-98(73-75-99)106(92-53-36-22-37-54-92)91-47-30-17-18-31-48-91)97-66-62-83(63-67-97)101(102-85-41-24-19-25-42-85)84-64-76-100(79(5)77-84)108(96-58-39-57-94(70-71-96)105(89-49-32-20-33-50-89)90-51-34-21-35-52-90)86(11-3)65-61-82(8)103(81(7)60-59-78(4)10-2)87-43-26-13-14-27-44-87/h9-26,28-38,40-45,47,49-54,56-77,79,100H,2,6,8,27,39,46,55H2,1,3-5,7H3/b12-9-,40-23-,65-61-,78-59+,81-60+,86-11+,102-101?. The fourth-order valence-corrected chi connectivity index (χ4v) is 13.7. The smallest absolute Gasteiger partial charge is 0.0890 e. The van der Waals surface area contributed by atoms with Crippen molar-refractivity contribution in [3.8, 4) is 0 Å². The summed E-state index contributed by atoms with van der Waals surface area (Å²) in [6.45, 7) is 24.1. The highest BCUT2D eigenvalue weighted by Gasteiger charge is 2.30. The highest BCUT2D eigenvalue weighted by molar-refractivity contribution is 6.15. The highest BCUT2D eigenvalue weighted by atomic mass is 15.2. The quantitative estimate of drug-likeness (QED) is 0.0290. The molecule has 0 N–H and O–H groups in total. The van der Waals surface area contributed by atoms with Crippen LogP contribution in [0.15, 0.2) is 493 Å². The molecule has 6 aromatic rings. The van der Waals surface area contributed by atoms with Gasteiger partial charge in [0.15, 0.2) is 0 Å². The monoisotopic (exact) mass is 1410 g/mol. The lowest BCUT2D eigenvalue weighted by Crippen LogP contribution is -2.37. The van der Waals surface area contributed by atoms with Gasteiger partial charge in [-0.2, -0.15) is 0 Å². The number of benzene rings is 6. The summed E-state index contributed by atoms with van der Waals surface area (Å²) in [6.07, 6.45) is 80.8. The number of nitrogens with zero attached hydrogens (tertiary/aromatic N) is 7. The molecule has 0 radical (unpaired) electrons. The first-order valence-electron chi connectivity index (χ1n) is 37.3. The maximum absolute atomic E-state index is 5.56. The van der Waals surface area contributed by atoms with Crippen LogP contribution in [0.3, 0.4) is 0 Å². The third-order valence-corrected chi connectivity index (χ3v) is 19.0. The van der Waals surface area contributed by atoms with Gasteiger partial charge in [0.1, 0.15) is 0 Å². The predicted octanol–water partition coefficient (Wildman–Crippen LogP) is 26.4. The van der Waals surface area contributed by atoms with Crippen LogP contribution in [0.1, 0.15) is 65.9 Å². The normalized spacial score (nSPS) is 17.3. The molecule has 0 saturated carbocycles. The molecule has 0 aromatic heterocycles. The van der Waals surface area contributed by atoms with E-state index in [0.29, 0.717) is 12.8 Å². The molecule has 2 unspecified atom stereocenters. The molecular weight excluding hydrogens is 1310 g/mol. The fraction of sp³-hybridized carbons (Fsp3) is 0.109. The van der Waals surface area contributed by atoms with Crippen LogP contribution in [0.5, 0.6) is 0 Å². The summed E-state index contributed by atoms with van der Waals surface area (Å²) in [5.41, 5.74) is 25.7. The number of para-hydroxylation sites is 4. The molecule has 0 heterocycles. The topological polar surface area (TPSA) is 31.8 Å². The Labute approximate surface area is 641 Å². The average molecular weight is 1410 g/mol. The molecule has 0 bridgehead atoms. The van der Waals surface area contributed by atoms with E-state index in [1.807, 2.05) is 49.4 Å². The van der Waals surface area contributed by atoms with Crippen molar-refractivity contribution in [3.63, 3.8) is 0 Å². The molecule has 534 valence electrons. The summed E-state index contributed by atoms with van der Waals surface area (Å²) in [5, 5.41) is 0. The van der Waals surface area contributed by atoms with E-state index in [2.05, 4.69) is 422 Å². The summed E-state index contributed by atoms with van der Waals surface area (Å²) in [5.74, 6) is -0.0166. The third kappa shape index (κ3) is 18.8. The molecule has 0 amide bonds. The van der Waals surface area contributed by atoms with Crippen molar-refractivity contribution in [2.75, 3.05) is 14.7 Å². The molecular formula is C101H95N7. The van der Waals surface area contributed by atoms with Crippen molar-refractivity contribution in [2.24, 2.45) is 10.9 Å². The molecule has 2 atom stereocenters. The zero-order valence-electron chi connectivity index (χ0n) is 62.7. The van der Waals surface area contributed by atoms with Crippen LogP contribution in [-0.2, 0) is 0 Å². The SMILES string of the molecule is C=C/C(C)=C/C=C(\C)N(C(=C)/C=C\C(=C/C)N(C1=CCC=C(N(c2ccccc2)c2ccccc2)C=C1)C1C=CC(C(=Nc2ccccc2)c2ccc(N(C3=CC=C(N(C(=C)/C=C\C=C/C)C4=CC=CC=CC4)CC=C3)c3ccc(N(C4=C=CC=CC=C4)c4ccccc4)cc3)cc2)=CC1C)C1=CCC=CC=C1. The largest absolute Gasteiger partial charge is 0.335 e. The molecule has 6 aliphatic carbocycles. The second-order valence-corrected chi connectivity index (χ2v) is 26.5. The number of hydrogen-bond donors (Lipinski definition) is 0. The van der Waals surface area contributed by atoms with E-state index in [1.54, 1.807) is 0 Å². The van der Waals surface area contributed by atoms with E-state index in [1.165, 1.54) is 0 Å². The Kier molecular flexibility index (Phi) is 25.9. The molecule has 6 aliphatic rings. The van der Waals surface area contributed by atoms with Crippen molar-refractivity contribution in [1.29, 1.82) is 0 Å². The number of allylic oxidation sites excluding steroid dienone is 36. The van der Waals surface area contributed by atoms with Crippen LogP contribution < -0.4 is 14.7 Å². The molecule has 0 saturated heterocycles. The first kappa shape index (κ1) is 74.5. The summed E-state index contributed by atoms with van der Waals surface area (Å²) >= 11 is 0. The van der Waals surface area contributed by atoms with Crippen molar-refractivity contribution >= 4 is 45.5 Å². The summed E-state index contributed by atoms with van der Waals surface area (Å²) in [6, 6.07) is 59.7. The molecule has 6 aromatic carbocycles. The van der Waals surface area contributed by atoms with Gasteiger partial charge < -0.3 is 29.4 Å². The molecule has 0 spiro atoms. The molecule has 0 fully saturated rings. The van der Waals surface area contributed by atoms with Crippen LogP contribution in [0, 0.1) is 5.92 Å². The van der Waals surface area contributed by atoms with Gasteiger partial charge in [-0.05, 0) is 216 Å². The maximum atomic E-state index is 5.56. The first-order valence-corrected chi connectivity index (χ1v) is 37.3. The third-order valence-electron chi connectivity index (χ3n) is 19.0. The molecule has 0 aliphatic heterocycles. The first-order chi connectivity index (χ1) is 53.1. The van der Waals surface area contributed by atoms with E-state index < -0.39 is 0 Å². The van der Waals surface area contributed by atoms with Gasteiger partial charge in [-0.25, -0.2) is 4.99 Å². The van der Waals surface area contributed by atoms with Crippen LogP contribution in [0.2, 0.25) is 0 Å². The fourth-order valence-electron chi connectivity index (χ4n) is 13.7. The number of anilines is 6. The lowest BCUT2D eigenvalue weighted by molar-refractivity contribution is 0.325. The Bertz CT molecular complexity index is 5050. The number of aliphatic imine (C=N–C) groups is 1. The Morgan fingerprint density at radius 2 is 1.09 bits per heavy atom. The van der Waals surface area contributed by atoms with Gasteiger partial charge in [0, 0.05) is 109 Å². The van der Waals surface area contributed by atoms with E-state index in [0.717, 1.165) is 138 Å². The lowest BCUT2D eigenvalue weighted by Gasteiger charge is -2.38. The zero-order chi connectivity index (χ0) is 74.8. The minimum atomic E-state index is -0.125. The van der Waals surface area contributed by atoms with Crippen molar-refractivity contribution < 1.29 is 0 Å². The Morgan fingerprint density at radius 3 is 1.78 bits per heavy atom. The molecule has 12 rings (SSSR count). The summed E-state index contributed by atoms with van der Waals surface area (Å²) in [4.78, 5) is 19.5.